The average molecular weight is 419 g/mol. The van der Waals surface area contributed by atoms with Crippen LogP contribution in [0.25, 0.3) is 11.3 Å². The Kier molecular flexibility index (Phi) is 6.99. The molecule has 2 aromatic carbocycles. The Morgan fingerprint density at radius 1 is 1.13 bits per heavy atom. The molecule has 0 aliphatic rings. The van der Waals surface area contributed by atoms with Crippen LogP contribution in [0.4, 0.5) is 5.69 Å². The van der Waals surface area contributed by atoms with Crippen molar-refractivity contribution < 1.29 is 4.79 Å². The second-order valence-electron chi connectivity index (χ2n) is 6.91. The summed E-state index contributed by atoms with van der Waals surface area (Å²) in [5.41, 5.74) is 11.0. The molecule has 0 aliphatic heterocycles. The first kappa shape index (κ1) is 21.3. The minimum absolute atomic E-state index is 0.197. The highest BCUT2D eigenvalue weighted by Crippen LogP contribution is 2.29. The molecule has 3 rings (SSSR count). The summed E-state index contributed by atoms with van der Waals surface area (Å²) in [7, 11) is 0. The van der Waals surface area contributed by atoms with Gasteiger partial charge in [-0.3, -0.25) is 14.8 Å². The van der Waals surface area contributed by atoms with Crippen molar-refractivity contribution in [3.63, 3.8) is 0 Å². The van der Waals surface area contributed by atoms with E-state index in [9.17, 15) is 4.79 Å². The fourth-order valence-electron chi connectivity index (χ4n) is 2.88. The maximum Gasteiger partial charge on any atom is 0.255 e. The van der Waals surface area contributed by atoms with Gasteiger partial charge in [0.05, 0.1) is 17.3 Å². The highest BCUT2D eigenvalue weighted by atomic mass is 35.5. The molecule has 0 aliphatic carbocycles. The van der Waals surface area contributed by atoms with Crippen molar-refractivity contribution in [2.75, 3.05) is 5.32 Å². The number of carbonyl (C=O) groups excluding carboxylic acids is 1. The Labute approximate surface area is 181 Å². The number of nitrogens with zero attached hydrogens (tertiary/aromatic N) is 2. The summed E-state index contributed by atoms with van der Waals surface area (Å²) in [4.78, 5) is 21.4. The molecule has 152 valence electrons. The quantitative estimate of drug-likeness (QED) is 0.520. The Balaban J connectivity index is 1.70. The Morgan fingerprint density at radius 2 is 1.90 bits per heavy atom. The van der Waals surface area contributed by atoms with Gasteiger partial charge >= 0.3 is 0 Å². The van der Waals surface area contributed by atoms with Crippen molar-refractivity contribution in [2.24, 2.45) is 10.7 Å². The number of allylic oxidation sites excluding steroid dienone is 2. The van der Waals surface area contributed by atoms with Gasteiger partial charge in [0.2, 0.25) is 0 Å². The summed E-state index contributed by atoms with van der Waals surface area (Å²) in [6.07, 6.45) is 3.53. The van der Waals surface area contributed by atoms with Crippen LogP contribution in [0.5, 0.6) is 0 Å². The highest BCUT2D eigenvalue weighted by Gasteiger charge is 2.10. The lowest BCUT2D eigenvalue weighted by Crippen LogP contribution is -2.12. The molecule has 0 unspecified atom stereocenters. The van der Waals surface area contributed by atoms with E-state index in [0.717, 1.165) is 28.2 Å². The lowest BCUT2D eigenvalue weighted by Gasteiger charge is -2.09. The summed E-state index contributed by atoms with van der Waals surface area (Å²) in [6, 6.07) is 18.3. The lowest BCUT2D eigenvalue weighted by atomic mass is 10.1. The maximum absolute atomic E-state index is 12.6. The second kappa shape index (κ2) is 9.85. The van der Waals surface area contributed by atoms with Crippen molar-refractivity contribution in [2.45, 2.75) is 20.4 Å². The van der Waals surface area contributed by atoms with Crippen LogP contribution in [0.15, 0.2) is 83.6 Å². The first-order chi connectivity index (χ1) is 14.4. The third-order valence-corrected chi connectivity index (χ3v) is 4.66. The molecule has 1 aromatic heterocycles. The molecule has 0 atom stereocenters. The Bertz CT molecular complexity index is 1090. The smallest absolute Gasteiger partial charge is 0.255 e. The van der Waals surface area contributed by atoms with Crippen molar-refractivity contribution in [1.29, 1.82) is 0 Å². The van der Waals surface area contributed by atoms with Gasteiger partial charge in [0.1, 0.15) is 0 Å². The van der Waals surface area contributed by atoms with Gasteiger partial charge in [-0.2, -0.15) is 0 Å². The van der Waals surface area contributed by atoms with E-state index in [-0.39, 0.29) is 5.91 Å². The fraction of sp³-hybridized carbons (Fsp3) is 0.125. The predicted octanol–water partition coefficient (Wildman–Crippen LogP) is 5.48. The molecular weight excluding hydrogens is 396 g/mol. The highest BCUT2D eigenvalue weighted by molar-refractivity contribution is 6.33. The van der Waals surface area contributed by atoms with Crippen molar-refractivity contribution in [3.8, 4) is 11.3 Å². The molecule has 5 nitrogen and oxygen atoms in total. The van der Waals surface area contributed by atoms with Crippen molar-refractivity contribution in [1.82, 2.24) is 4.98 Å². The summed E-state index contributed by atoms with van der Waals surface area (Å²) in [5, 5.41) is 3.49. The Morgan fingerprint density at radius 3 is 2.57 bits per heavy atom. The van der Waals surface area contributed by atoms with Crippen LogP contribution in [0.1, 0.15) is 29.8 Å². The van der Waals surface area contributed by atoms with Crippen molar-refractivity contribution in [3.05, 3.63) is 94.8 Å². The topological polar surface area (TPSA) is 80.4 Å². The number of benzene rings is 2. The Hall–Kier alpha value is -3.44. The molecule has 0 saturated heterocycles. The zero-order valence-electron chi connectivity index (χ0n) is 16.9. The van der Waals surface area contributed by atoms with Gasteiger partial charge < -0.3 is 11.1 Å². The van der Waals surface area contributed by atoms with E-state index in [0.29, 0.717) is 22.8 Å². The zero-order chi connectivity index (χ0) is 21.5. The van der Waals surface area contributed by atoms with Crippen LogP contribution in [0.2, 0.25) is 5.02 Å². The number of aliphatic imine (C=N–C) groups is 1. The normalized spacial score (nSPS) is 12.0. The average Bonchev–Trinajstić information content (AvgIpc) is 2.74. The van der Waals surface area contributed by atoms with E-state index in [4.69, 9.17) is 17.3 Å². The van der Waals surface area contributed by atoms with Gasteiger partial charge in [-0.1, -0.05) is 29.8 Å². The van der Waals surface area contributed by atoms with Crippen LogP contribution in [0, 0.1) is 0 Å². The third-order valence-electron chi connectivity index (χ3n) is 4.33. The van der Waals surface area contributed by atoms with Gasteiger partial charge in [-0.15, -0.1) is 0 Å². The van der Waals surface area contributed by atoms with E-state index < -0.39 is 0 Å². The number of hydrogen-bond donors (Lipinski definition) is 2. The van der Waals surface area contributed by atoms with Gasteiger partial charge in [-0.05, 0) is 68.0 Å². The number of amides is 1. The largest absolute Gasteiger partial charge is 0.402 e. The minimum Gasteiger partial charge on any atom is -0.402 e. The molecule has 0 bridgehead atoms. The molecule has 30 heavy (non-hydrogen) atoms. The number of rotatable bonds is 6. The first-order valence-electron chi connectivity index (χ1n) is 9.48. The first-order valence-corrected chi connectivity index (χ1v) is 9.86. The molecular formula is C24H23ClN4O. The molecule has 3 aromatic rings. The van der Waals surface area contributed by atoms with Gasteiger partial charge in [0, 0.05) is 34.4 Å². The lowest BCUT2D eigenvalue weighted by molar-refractivity contribution is 0.102. The summed E-state index contributed by atoms with van der Waals surface area (Å²) < 4.78 is 0. The van der Waals surface area contributed by atoms with Gasteiger partial charge in [0.25, 0.3) is 5.91 Å². The SMILES string of the molecule is CC(N)=CC(C)=NCc1ccc(C(=O)Nc2ccc(Cl)c(-c3ccccn3)c2)cc1. The molecule has 0 radical (unpaired) electrons. The van der Waals surface area contributed by atoms with E-state index in [1.54, 1.807) is 30.5 Å². The minimum atomic E-state index is -0.197. The number of anilines is 1. The summed E-state index contributed by atoms with van der Waals surface area (Å²) in [5.74, 6) is -0.197. The standard InChI is InChI=1S/C24H23ClN4O/c1-16(26)13-17(2)28-15-18-6-8-19(9-7-18)24(30)29-20-10-11-22(25)21(14-20)23-5-3-4-12-27-23/h3-14H,15,26H2,1-2H3,(H,29,30). The molecule has 3 N–H and O–H groups in total. The number of halogens is 1. The van der Waals surface area contributed by atoms with E-state index in [1.165, 1.54) is 0 Å². The number of carbonyl (C=O) groups is 1. The van der Waals surface area contributed by atoms with Crippen LogP contribution in [-0.2, 0) is 6.54 Å². The van der Waals surface area contributed by atoms with Crippen molar-refractivity contribution >= 4 is 28.9 Å². The van der Waals surface area contributed by atoms with Crippen LogP contribution in [0.3, 0.4) is 0 Å². The van der Waals surface area contributed by atoms with Crippen LogP contribution in [-0.4, -0.2) is 16.6 Å². The number of aromatic nitrogens is 1. The summed E-state index contributed by atoms with van der Waals surface area (Å²) in [6.45, 7) is 4.26. The van der Waals surface area contributed by atoms with Crippen LogP contribution < -0.4 is 11.1 Å². The number of nitrogens with two attached hydrogens (primary N) is 1. The number of nitrogens with one attached hydrogen (secondary N) is 1. The molecule has 0 saturated carbocycles. The molecule has 0 spiro atoms. The molecule has 0 fully saturated rings. The van der Waals surface area contributed by atoms with E-state index in [1.807, 2.05) is 56.3 Å². The predicted molar refractivity (Wildman–Crippen MR) is 124 cm³/mol. The summed E-state index contributed by atoms with van der Waals surface area (Å²) >= 11 is 6.31. The molecule has 1 heterocycles. The maximum atomic E-state index is 12.6. The molecule has 1 amide bonds. The third kappa shape index (κ3) is 5.78. The second-order valence-corrected chi connectivity index (χ2v) is 7.31. The fourth-order valence-corrected chi connectivity index (χ4v) is 3.09. The van der Waals surface area contributed by atoms with Gasteiger partial charge in [0.15, 0.2) is 0 Å². The van der Waals surface area contributed by atoms with Gasteiger partial charge in [-0.25, -0.2) is 0 Å². The number of pyridine rings is 1. The number of hydrogen-bond acceptors (Lipinski definition) is 4. The molecule has 6 heteroatoms. The van der Waals surface area contributed by atoms with E-state index in [2.05, 4.69) is 15.3 Å². The van der Waals surface area contributed by atoms with Crippen LogP contribution >= 0.6 is 11.6 Å². The monoisotopic (exact) mass is 418 g/mol. The zero-order valence-corrected chi connectivity index (χ0v) is 17.6. The van der Waals surface area contributed by atoms with E-state index >= 15 is 0 Å².